The van der Waals surface area contributed by atoms with E-state index in [0.29, 0.717) is 11.6 Å². The van der Waals surface area contributed by atoms with Crippen LogP contribution in [0, 0.1) is 18.3 Å². The van der Waals surface area contributed by atoms with Gasteiger partial charge in [0.25, 0.3) is 0 Å². The zero-order chi connectivity index (χ0) is 12.5. The molecule has 0 aliphatic carbocycles. The Morgan fingerprint density at radius 2 is 1.75 bits per heavy atom. The van der Waals surface area contributed by atoms with Gasteiger partial charge in [0, 0.05) is 5.41 Å². The molecule has 0 aliphatic rings. The molecule has 0 N–H and O–H groups in total. The van der Waals surface area contributed by atoms with Gasteiger partial charge in [0.1, 0.15) is 6.07 Å². The highest BCUT2D eigenvalue weighted by atomic mass is 14.9. The summed E-state index contributed by atoms with van der Waals surface area (Å²) in [6.07, 6.45) is 0. The molecular formula is C13H19N3. The van der Waals surface area contributed by atoms with Gasteiger partial charge in [-0.3, -0.25) is 4.98 Å². The smallest absolute Gasteiger partial charge is 0.162 e. The molecule has 16 heavy (non-hydrogen) atoms. The summed E-state index contributed by atoms with van der Waals surface area (Å²) in [4.78, 5) is 8.98. The molecule has 0 saturated carbocycles. The highest BCUT2D eigenvalue weighted by Crippen LogP contribution is 2.25. The van der Waals surface area contributed by atoms with E-state index >= 15 is 0 Å². The van der Waals surface area contributed by atoms with Crippen LogP contribution >= 0.6 is 0 Å². The minimum atomic E-state index is -0.141. The Bertz CT molecular complexity index is 434. The van der Waals surface area contributed by atoms with Gasteiger partial charge in [-0.05, 0) is 12.8 Å². The van der Waals surface area contributed by atoms with Crippen molar-refractivity contribution < 1.29 is 0 Å². The van der Waals surface area contributed by atoms with Crippen LogP contribution in [0.2, 0.25) is 0 Å². The monoisotopic (exact) mass is 217 g/mol. The summed E-state index contributed by atoms with van der Waals surface area (Å²) in [6.45, 7) is 12.2. The van der Waals surface area contributed by atoms with Gasteiger partial charge in [-0.25, -0.2) is 4.98 Å². The molecule has 0 unspecified atom stereocenters. The third kappa shape index (κ3) is 2.38. The summed E-state index contributed by atoms with van der Waals surface area (Å²) < 4.78 is 0. The topological polar surface area (TPSA) is 49.6 Å². The molecule has 86 valence electrons. The lowest BCUT2D eigenvalue weighted by Gasteiger charge is -2.20. The predicted octanol–water partition coefficient (Wildman–Crippen LogP) is 3.08. The largest absolute Gasteiger partial charge is 0.253 e. The van der Waals surface area contributed by atoms with Crippen LogP contribution in [0.1, 0.15) is 63.3 Å². The first-order valence-corrected chi connectivity index (χ1v) is 5.56. The van der Waals surface area contributed by atoms with Gasteiger partial charge < -0.3 is 0 Å². The molecule has 0 amide bonds. The van der Waals surface area contributed by atoms with Crippen LogP contribution in [-0.2, 0) is 5.41 Å². The van der Waals surface area contributed by atoms with E-state index in [0.717, 1.165) is 17.1 Å². The van der Waals surface area contributed by atoms with E-state index in [1.54, 1.807) is 0 Å². The highest BCUT2D eigenvalue weighted by molar-refractivity contribution is 5.34. The van der Waals surface area contributed by atoms with Crippen LogP contribution in [0.25, 0.3) is 0 Å². The Morgan fingerprint density at radius 1 is 1.19 bits per heavy atom. The number of rotatable bonds is 1. The molecule has 1 rings (SSSR count). The molecule has 0 spiro atoms. The number of hydrogen-bond donors (Lipinski definition) is 0. The lowest BCUT2D eigenvalue weighted by Crippen LogP contribution is -2.19. The van der Waals surface area contributed by atoms with Crippen LogP contribution in [0.15, 0.2) is 0 Å². The summed E-state index contributed by atoms with van der Waals surface area (Å²) in [5.74, 6) is 0.300. The predicted molar refractivity (Wildman–Crippen MR) is 64.3 cm³/mol. The third-order valence-electron chi connectivity index (χ3n) is 2.47. The quantitative estimate of drug-likeness (QED) is 0.726. The van der Waals surface area contributed by atoms with E-state index in [2.05, 4.69) is 29.9 Å². The molecule has 0 atom stereocenters. The van der Waals surface area contributed by atoms with E-state index in [-0.39, 0.29) is 5.41 Å². The molecule has 0 fully saturated rings. The van der Waals surface area contributed by atoms with Crippen LogP contribution in [0.5, 0.6) is 0 Å². The van der Waals surface area contributed by atoms with E-state index < -0.39 is 0 Å². The van der Waals surface area contributed by atoms with Gasteiger partial charge in [0.05, 0.1) is 17.1 Å². The van der Waals surface area contributed by atoms with Crippen molar-refractivity contribution in [3.05, 3.63) is 22.8 Å². The van der Waals surface area contributed by atoms with Crippen molar-refractivity contribution in [1.29, 1.82) is 5.26 Å². The number of aromatic nitrogens is 2. The molecule has 0 radical (unpaired) electrons. The van der Waals surface area contributed by atoms with Crippen molar-refractivity contribution in [3.63, 3.8) is 0 Å². The van der Waals surface area contributed by atoms with Gasteiger partial charge in [-0.15, -0.1) is 0 Å². The Labute approximate surface area is 97.5 Å². The van der Waals surface area contributed by atoms with Gasteiger partial charge in [0.2, 0.25) is 0 Å². The van der Waals surface area contributed by atoms with E-state index in [1.807, 2.05) is 27.7 Å². The maximum absolute atomic E-state index is 9.13. The number of nitrogens with zero attached hydrogens (tertiary/aromatic N) is 3. The zero-order valence-corrected chi connectivity index (χ0v) is 10.9. The van der Waals surface area contributed by atoms with E-state index in [1.165, 1.54) is 0 Å². The van der Waals surface area contributed by atoms with Crippen molar-refractivity contribution in [2.75, 3.05) is 0 Å². The molecule has 0 aromatic carbocycles. The fourth-order valence-electron chi connectivity index (χ4n) is 1.68. The third-order valence-corrected chi connectivity index (χ3v) is 2.47. The van der Waals surface area contributed by atoms with Crippen LogP contribution in [-0.4, -0.2) is 9.97 Å². The maximum Gasteiger partial charge on any atom is 0.162 e. The van der Waals surface area contributed by atoms with Crippen molar-refractivity contribution >= 4 is 0 Å². The molecule has 3 nitrogen and oxygen atoms in total. The first-order valence-electron chi connectivity index (χ1n) is 5.56. The zero-order valence-electron chi connectivity index (χ0n) is 10.9. The van der Waals surface area contributed by atoms with Gasteiger partial charge in [-0.1, -0.05) is 34.6 Å². The van der Waals surface area contributed by atoms with Crippen molar-refractivity contribution in [1.82, 2.24) is 9.97 Å². The Kier molecular flexibility index (Phi) is 3.32. The minimum absolute atomic E-state index is 0.141. The average Bonchev–Trinajstić information content (AvgIpc) is 2.15. The molecule has 0 bridgehead atoms. The van der Waals surface area contributed by atoms with Crippen molar-refractivity contribution in [2.45, 2.75) is 52.9 Å². The first-order chi connectivity index (χ1) is 7.27. The molecule has 0 saturated heterocycles. The number of hydrogen-bond acceptors (Lipinski definition) is 3. The molecule has 1 heterocycles. The number of aryl methyl sites for hydroxylation is 1. The second-order valence-electron chi connectivity index (χ2n) is 5.41. The van der Waals surface area contributed by atoms with Crippen molar-refractivity contribution in [2.24, 2.45) is 0 Å². The standard InChI is InChI=1S/C13H19N3/c1-8(2)11-9(3)15-12(13(4,5)6)10(7-14)16-11/h8H,1-6H3. The summed E-state index contributed by atoms with van der Waals surface area (Å²) in [6, 6.07) is 2.15. The summed E-state index contributed by atoms with van der Waals surface area (Å²) in [5.41, 5.74) is 2.96. The van der Waals surface area contributed by atoms with Gasteiger partial charge in [-0.2, -0.15) is 5.26 Å². The Morgan fingerprint density at radius 3 is 2.12 bits per heavy atom. The van der Waals surface area contributed by atoms with Crippen LogP contribution in [0.3, 0.4) is 0 Å². The molecule has 0 aliphatic heterocycles. The normalized spacial score (nSPS) is 11.6. The van der Waals surface area contributed by atoms with Crippen molar-refractivity contribution in [3.8, 4) is 6.07 Å². The van der Waals surface area contributed by atoms with E-state index in [4.69, 9.17) is 5.26 Å². The highest BCUT2D eigenvalue weighted by Gasteiger charge is 2.23. The fourth-order valence-corrected chi connectivity index (χ4v) is 1.68. The molecular weight excluding hydrogens is 198 g/mol. The van der Waals surface area contributed by atoms with E-state index in [9.17, 15) is 0 Å². The summed E-state index contributed by atoms with van der Waals surface area (Å²) >= 11 is 0. The second kappa shape index (κ2) is 4.21. The number of nitriles is 1. The molecule has 1 aromatic heterocycles. The first kappa shape index (κ1) is 12.6. The van der Waals surface area contributed by atoms with Crippen LogP contribution in [0.4, 0.5) is 0 Å². The molecule has 1 aromatic rings. The minimum Gasteiger partial charge on any atom is -0.253 e. The summed E-state index contributed by atoms with van der Waals surface area (Å²) in [5, 5.41) is 9.13. The van der Waals surface area contributed by atoms with Gasteiger partial charge >= 0.3 is 0 Å². The lowest BCUT2D eigenvalue weighted by molar-refractivity contribution is 0.557. The molecule has 3 heteroatoms. The Balaban J connectivity index is 3.46. The Hall–Kier alpha value is -1.43. The summed E-state index contributed by atoms with van der Waals surface area (Å²) in [7, 11) is 0. The lowest BCUT2D eigenvalue weighted by atomic mass is 9.90. The van der Waals surface area contributed by atoms with Crippen LogP contribution < -0.4 is 0 Å². The maximum atomic E-state index is 9.13. The fraction of sp³-hybridized carbons (Fsp3) is 0.615. The average molecular weight is 217 g/mol. The SMILES string of the molecule is Cc1nc(C(C)(C)C)c(C#N)nc1C(C)C. The second-order valence-corrected chi connectivity index (χ2v) is 5.41. The van der Waals surface area contributed by atoms with Gasteiger partial charge in [0.15, 0.2) is 5.69 Å².